The smallest absolute Gasteiger partial charge is 0.191 e. The van der Waals surface area contributed by atoms with Gasteiger partial charge >= 0.3 is 0 Å². The molecule has 0 fully saturated rings. The van der Waals surface area contributed by atoms with Crippen LogP contribution in [-0.4, -0.2) is 33.8 Å². The fourth-order valence-electron chi connectivity index (χ4n) is 2.98. The van der Waals surface area contributed by atoms with Gasteiger partial charge in [-0.15, -0.1) is 0 Å². The molecule has 0 saturated carbocycles. The molecule has 0 radical (unpaired) electrons. The molecule has 0 spiro atoms. The molecule has 1 aromatic carbocycles. The second-order valence-electron chi connectivity index (χ2n) is 6.86. The average molecular weight is 394 g/mol. The largest absolute Gasteiger partial charge is 0.357 e. The van der Waals surface area contributed by atoms with Crippen LogP contribution in [0.4, 0.5) is 4.39 Å². The minimum Gasteiger partial charge on any atom is -0.357 e. The minimum absolute atomic E-state index is 0.214. The quantitative estimate of drug-likeness (QED) is 0.477. The van der Waals surface area contributed by atoms with E-state index >= 15 is 0 Å². The summed E-state index contributed by atoms with van der Waals surface area (Å²) >= 11 is 0. The van der Waals surface area contributed by atoms with E-state index in [2.05, 4.69) is 25.7 Å². The van der Waals surface area contributed by atoms with E-state index in [1.54, 1.807) is 12.1 Å². The van der Waals surface area contributed by atoms with E-state index in [0.29, 0.717) is 13.1 Å². The first-order chi connectivity index (χ1) is 14.0. The van der Waals surface area contributed by atoms with E-state index in [4.69, 9.17) is 0 Å². The van der Waals surface area contributed by atoms with Crippen molar-refractivity contribution in [2.24, 2.45) is 4.99 Å². The number of pyridine rings is 1. The van der Waals surface area contributed by atoms with E-state index in [9.17, 15) is 4.39 Å². The van der Waals surface area contributed by atoms with Gasteiger partial charge in [-0.1, -0.05) is 18.2 Å². The van der Waals surface area contributed by atoms with Gasteiger partial charge in [-0.25, -0.2) is 19.0 Å². The highest BCUT2D eigenvalue weighted by Crippen LogP contribution is 2.10. The summed E-state index contributed by atoms with van der Waals surface area (Å²) in [4.78, 5) is 9.14. The predicted octanol–water partition coefficient (Wildman–Crippen LogP) is 3.32. The first kappa shape index (κ1) is 20.5. The van der Waals surface area contributed by atoms with Crippen LogP contribution in [0, 0.1) is 19.7 Å². The van der Waals surface area contributed by atoms with E-state index in [-0.39, 0.29) is 5.82 Å². The number of halogens is 1. The van der Waals surface area contributed by atoms with Crippen LogP contribution in [0.5, 0.6) is 0 Å². The van der Waals surface area contributed by atoms with E-state index < -0.39 is 0 Å². The Hall–Kier alpha value is -3.22. The molecule has 7 heteroatoms. The molecule has 0 amide bonds. The Morgan fingerprint density at radius 1 is 1.07 bits per heavy atom. The van der Waals surface area contributed by atoms with Crippen LogP contribution in [0.3, 0.4) is 0 Å². The van der Waals surface area contributed by atoms with Crippen molar-refractivity contribution >= 4 is 5.96 Å². The van der Waals surface area contributed by atoms with Crippen molar-refractivity contribution < 1.29 is 4.39 Å². The lowest BCUT2D eigenvalue weighted by Crippen LogP contribution is -2.38. The highest BCUT2D eigenvalue weighted by molar-refractivity contribution is 5.79. The van der Waals surface area contributed by atoms with Crippen molar-refractivity contribution in [3.63, 3.8) is 0 Å². The first-order valence-corrected chi connectivity index (χ1v) is 9.80. The molecule has 29 heavy (non-hydrogen) atoms. The molecule has 0 aliphatic rings. The number of rotatable bonds is 7. The van der Waals surface area contributed by atoms with Gasteiger partial charge in [0.05, 0.1) is 12.2 Å². The van der Waals surface area contributed by atoms with Crippen molar-refractivity contribution in [2.45, 2.75) is 33.7 Å². The van der Waals surface area contributed by atoms with Gasteiger partial charge in [-0.3, -0.25) is 0 Å². The fraction of sp³-hybridized carbons (Fsp3) is 0.318. The van der Waals surface area contributed by atoms with Crippen molar-refractivity contribution in [3.8, 4) is 5.82 Å². The number of guanidine groups is 1. The molecule has 2 heterocycles. The van der Waals surface area contributed by atoms with Crippen LogP contribution in [0.25, 0.3) is 5.82 Å². The van der Waals surface area contributed by atoms with Crippen LogP contribution in [0.1, 0.15) is 29.4 Å². The van der Waals surface area contributed by atoms with Gasteiger partial charge in [-0.05, 0) is 62.6 Å². The van der Waals surface area contributed by atoms with E-state index in [0.717, 1.165) is 47.3 Å². The summed E-state index contributed by atoms with van der Waals surface area (Å²) in [6, 6.07) is 12.6. The predicted molar refractivity (Wildman–Crippen MR) is 114 cm³/mol. The summed E-state index contributed by atoms with van der Waals surface area (Å²) in [5.41, 5.74) is 4.13. The highest BCUT2D eigenvalue weighted by Gasteiger charge is 2.05. The fourth-order valence-corrected chi connectivity index (χ4v) is 2.98. The Balaban J connectivity index is 1.57. The second-order valence-corrected chi connectivity index (χ2v) is 6.86. The van der Waals surface area contributed by atoms with Crippen LogP contribution in [0.2, 0.25) is 0 Å². The van der Waals surface area contributed by atoms with Gasteiger partial charge < -0.3 is 10.6 Å². The van der Waals surface area contributed by atoms with Crippen LogP contribution >= 0.6 is 0 Å². The Morgan fingerprint density at radius 3 is 2.45 bits per heavy atom. The summed E-state index contributed by atoms with van der Waals surface area (Å²) in [7, 11) is 0. The Kier molecular flexibility index (Phi) is 6.94. The van der Waals surface area contributed by atoms with Crippen LogP contribution in [-0.2, 0) is 13.0 Å². The lowest BCUT2D eigenvalue weighted by atomic mass is 10.1. The zero-order valence-corrected chi connectivity index (χ0v) is 17.1. The highest BCUT2D eigenvalue weighted by atomic mass is 19.1. The Labute approximate surface area is 170 Å². The van der Waals surface area contributed by atoms with Crippen molar-refractivity contribution in [3.05, 3.63) is 77.0 Å². The van der Waals surface area contributed by atoms with Crippen molar-refractivity contribution in [2.75, 3.05) is 13.1 Å². The van der Waals surface area contributed by atoms with E-state index in [1.165, 1.54) is 12.1 Å². The molecule has 0 bridgehead atoms. The zero-order chi connectivity index (χ0) is 20.6. The molecule has 3 aromatic rings. The number of aryl methyl sites for hydroxylation is 2. The van der Waals surface area contributed by atoms with Gasteiger partial charge in [0.1, 0.15) is 5.82 Å². The molecule has 6 nitrogen and oxygen atoms in total. The topological polar surface area (TPSA) is 67.1 Å². The summed E-state index contributed by atoms with van der Waals surface area (Å²) in [6.45, 7) is 8.03. The van der Waals surface area contributed by atoms with Gasteiger partial charge in [-0.2, -0.15) is 5.10 Å². The molecular formula is C22H27FN6. The van der Waals surface area contributed by atoms with Crippen LogP contribution in [0.15, 0.2) is 53.7 Å². The summed E-state index contributed by atoms with van der Waals surface area (Å²) in [6.07, 6.45) is 2.63. The van der Waals surface area contributed by atoms with Gasteiger partial charge in [0.2, 0.25) is 0 Å². The molecule has 0 atom stereocenters. The number of aliphatic imine (C=N–C) groups is 1. The van der Waals surface area contributed by atoms with Crippen molar-refractivity contribution in [1.82, 2.24) is 25.4 Å². The summed E-state index contributed by atoms with van der Waals surface area (Å²) < 4.78 is 14.8. The van der Waals surface area contributed by atoms with Gasteiger partial charge in [0.25, 0.3) is 0 Å². The molecule has 3 rings (SSSR count). The molecule has 0 saturated heterocycles. The number of aromatic nitrogens is 3. The summed E-state index contributed by atoms with van der Waals surface area (Å²) in [5.74, 6) is 1.33. The lowest BCUT2D eigenvalue weighted by Gasteiger charge is -2.11. The van der Waals surface area contributed by atoms with E-state index in [1.807, 2.05) is 49.8 Å². The van der Waals surface area contributed by atoms with Crippen LogP contribution < -0.4 is 10.6 Å². The minimum atomic E-state index is -0.214. The molecule has 0 aliphatic carbocycles. The maximum atomic E-state index is 13.0. The number of hydrogen-bond donors (Lipinski definition) is 2. The maximum absolute atomic E-state index is 13.0. The lowest BCUT2D eigenvalue weighted by molar-refractivity contribution is 0.626. The Bertz CT molecular complexity index is 944. The molecule has 0 unspecified atom stereocenters. The monoisotopic (exact) mass is 394 g/mol. The second kappa shape index (κ2) is 9.82. The number of hydrogen-bond acceptors (Lipinski definition) is 3. The number of nitrogens with zero attached hydrogens (tertiary/aromatic N) is 4. The number of nitrogens with one attached hydrogen (secondary N) is 2. The van der Waals surface area contributed by atoms with Crippen molar-refractivity contribution in [1.29, 1.82) is 0 Å². The molecule has 0 aliphatic heterocycles. The van der Waals surface area contributed by atoms with Gasteiger partial charge in [0.15, 0.2) is 11.8 Å². The number of benzene rings is 1. The standard InChI is InChI=1S/C22H27FN6/c1-4-24-22(25-12-11-18-5-8-20(23)9-6-18)27-15-19-7-10-21(26-14-19)29-17(3)13-16(2)28-29/h5-10,13-14H,4,11-12,15H2,1-3H3,(H2,24,25,27). The maximum Gasteiger partial charge on any atom is 0.191 e. The van der Waals surface area contributed by atoms with Gasteiger partial charge in [0, 0.05) is 25.0 Å². The normalized spacial score (nSPS) is 11.5. The molecule has 152 valence electrons. The first-order valence-electron chi connectivity index (χ1n) is 9.80. The third-order valence-electron chi connectivity index (χ3n) is 4.42. The average Bonchev–Trinajstić information content (AvgIpc) is 3.06. The molecule has 2 aromatic heterocycles. The Morgan fingerprint density at radius 2 is 1.83 bits per heavy atom. The SMILES string of the molecule is CCNC(=NCc1ccc(-n2nc(C)cc2C)nc1)NCCc1ccc(F)cc1. The summed E-state index contributed by atoms with van der Waals surface area (Å²) in [5, 5.41) is 11.0. The zero-order valence-electron chi connectivity index (χ0n) is 17.1. The molecule has 2 N–H and O–H groups in total. The third kappa shape index (κ3) is 5.88. The molecular weight excluding hydrogens is 367 g/mol. The third-order valence-corrected chi connectivity index (χ3v) is 4.42.